The van der Waals surface area contributed by atoms with E-state index in [4.69, 9.17) is 4.74 Å². The van der Waals surface area contributed by atoms with Crippen LogP contribution in [-0.2, 0) is 4.74 Å². The van der Waals surface area contributed by atoms with Crippen LogP contribution in [0, 0.1) is 5.82 Å². The first kappa shape index (κ1) is 15.1. The van der Waals surface area contributed by atoms with Gasteiger partial charge in [-0.2, -0.15) is 0 Å². The van der Waals surface area contributed by atoms with Crippen molar-refractivity contribution in [1.82, 2.24) is 5.32 Å². The Kier molecular flexibility index (Phi) is 5.99. The molecule has 1 rings (SSSR count). The first-order valence-electron chi connectivity index (χ1n) is 6.31. The Balaban J connectivity index is 2.72. The van der Waals surface area contributed by atoms with Crippen molar-refractivity contribution < 1.29 is 13.9 Å². The van der Waals surface area contributed by atoms with Crippen LogP contribution in [0.15, 0.2) is 29.3 Å². The molecule has 0 atom stereocenters. The number of ether oxygens (including phenoxy) is 1. The summed E-state index contributed by atoms with van der Waals surface area (Å²) >= 11 is 0. The lowest BCUT2D eigenvalue weighted by atomic mass is 10.2. The molecule has 1 aromatic carbocycles. The van der Waals surface area contributed by atoms with E-state index < -0.39 is 0 Å². The molecule has 0 bridgehead atoms. The standard InChI is InChI=1S/C14H19FN2O2/c1-4-9-16-14(19-10(2)3)17-13(18)11-5-7-12(15)8-6-11/h5-8,10H,4,9H2,1-3H3,(H,16,17,18). The average Bonchev–Trinajstić information content (AvgIpc) is 2.36. The lowest BCUT2D eigenvalue weighted by Crippen LogP contribution is -2.34. The summed E-state index contributed by atoms with van der Waals surface area (Å²) in [5.41, 5.74) is 0.359. The highest BCUT2D eigenvalue weighted by atomic mass is 19.1. The molecule has 104 valence electrons. The van der Waals surface area contributed by atoms with E-state index in [-0.39, 0.29) is 23.9 Å². The highest BCUT2D eigenvalue weighted by Gasteiger charge is 2.11. The van der Waals surface area contributed by atoms with Crippen molar-refractivity contribution in [2.45, 2.75) is 33.3 Å². The number of amidine groups is 1. The van der Waals surface area contributed by atoms with Gasteiger partial charge >= 0.3 is 0 Å². The minimum atomic E-state index is -0.380. The van der Waals surface area contributed by atoms with Crippen LogP contribution in [0.5, 0.6) is 0 Å². The van der Waals surface area contributed by atoms with Gasteiger partial charge in [-0.1, -0.05) is 6.92 Å². The third kappa shape index (κ3) is 5.50. The Hall–Kier alpha value is -1.91. The van der Waals surface area contributed by atoms with E-state index in [0.717, 1.165) is 6.42 Å². The van der Waals surface area contributed by atoms with Gasteiger partial charge in [-0.3, -0.25) is 10.1 Å². The van der Waals surface area contributed by atoms with Crippen LogP contribution in [0.1, 0.15) is 37.6 Å². The van der Waals surface area contributed by atoms with Crippen LogP contribution >= 0.6 is 0 Å². The summed E-state index contributed by atoms with van der Waals surface area (Å²) in [7, 11) is 0. The number of rotatable bonds is 4. The van der Waals surface area contributed by atoms with Crippen LogP contribution in [0.25, 0.3) is 0 Å². The zero-order valence-corrected chi connectivity index (χ0v) is 11.4. The summed E-state index contributed by atoms with van der Waals surface area (Å²) in [6.45, 7) is 6.26. The minimum absolute atomic E-state index is 0.0795. The smallest absolute Gasteiger partial charge is 0.291 e. The number of hydrogen-bond acceptors (Lipinski definition) is 3. The maximum Gasteiger partial charge on any atom is 0.291 e. The Labute approximate surface area is 112 Å². The number of amides is 1. The van der Waals surface area contributed by atoms with E-state index in [1.165, 1.54) is 24.3 Å². The maximum absolute atomic E-state index is 12.8. The van der Waals surface area contributed by atoms with Gasteiger partial charge in [0.2, 0.25) is 0 Å². The first-order chi connectivity index (χ1) is 9.02. The third-order valence-electron chi connectivity index (χ3n) is 2.15. The zero-order valence-electron chi connectivity index (χ0n) is 11.4. The summed E-state index contributed by atoms with van der Waals surface area (Å²) < 4.78 is 18.2. The number of hydrogen-bond donors (Lipinski definition) is 1. The summed E-state index contributed by atoms with van der Waals surface area (Å²) in [6, 6.07) is 5.50. The van der Waals surface area contributed by atoms with Crippen molar-refractivity contribution in [3.8, 4) is 0 Å². The second kappa shape index (κ2) is 7.51. The fourth-order valence-corrected chi connectivity index (χ4v) is 1.31. The minimum Gasteiger partial charge on any atom is -0.462 e. The maximum atomic E-state index is 12.8. The van der Waals surface area contributed by atoms with Gasteiger partial charge in [0.25, 0.3) is 11.9 Å². The molecule has 0 heterocycles. The van der Waals surface area contributed by atoms with E-state index in [1.54, 1.807) is 0 Å². The summed E-state index contributed by atoms with van der Waals surface area (Å²) in [5.74, 6) is -0.745. The van der Waals surface area contributed by atoms with Crippen molar-refractivity contribution >= 4 is 11.9 Å². The molecular formula is C14H19FN2O2. The SMILES string of the molecule is CCCN=C(NC(=O)c1ccc(F)cc1)OC(C)C. The quantitative estimate of drug-likeness (QED) is 0.673. The van der Waals surface area contributed by atoms with Gasteiger partial charge in [0.15, 0.2) is 0 Å². The first-order valence-corrected chi connectivity index (χ1v) is 6.31. The number of nitrogens with zero attached hydrogens (tertiary/aromatic N) is 1. The van der Waals surface area contributed by atoms with Gasteiger partial charge < -0.3 is 4.74 Å². The zero-order chi connectivity index (χ0) is 14.3. The van der Waals surface area contributed by atoms with Gasteiger partial charge in [0.05, 0.1) is 6.10 Å². The van der Waals surface area contributed by atoms with Gasteiger partial charge in [0.1, 0.15) is 5.82 Å². The fourth-order valence-electron chi connectivity index (χ4n) is 1.31. The molecular weight excluding hydrogens is 247 g/mol. The third-order valence-corrected chi connectivity index (χ3v) is 2.15. The van der Waals surface area contributed by atoms with Crippen LogP contribution in [0.4, 0.5) is 4.39 Å². The molecule has 0 spiro atoms. The van der Waals surface area contributed by atoms with Crippen molar-refractivity contribution in [3.63, 3.8) is 0 Å². The van der Waals surface area contributed by atoms with Crippen LogP contribution in [0.3, 0.4) is 0 Å². The molecule has 0 fully saturated rings. The second-order valence-corrected chi connectivity index (χ2v) is 4.31. The number of carbonyl (C=O) groups is 1. The summed E-state index contributed by atoms with van der Waals surface area (Å²) in [4.78, 5) is 16.1. The van der Waals surface area contributed by atoms with E-state index in [0.29, 0.717) is 12.1 Å². The van der Waals surface area contributed by atoms with Crippen LogP contribution in [0.2, 0.25) is 0 Å². The molecule has 0 aliphatic heterocycles. The van der Waals surface area contributed by atoms with Crippen LogP contribution < -0.4 is 5.32 Å². The van der Waals surface area contributed by atoms with E-state index in [1.807, 2.05) is 20.8 Å². The normalized spacial score (nSPS) is 11.5. The number of aliphatic imine (C=N–C) groups is 1. The molecule has 1 N–H and O–H groups in total. The molecule has 19 heavy (non-hydrogen) atoms. The fraction of sp³-hybridized carbons (Fsp3) is 0.429. The van der Waals surface area contributed by atoms with Crippen LogP contribution in [-0.4, -0.2) is 24.6 Å². The van der Waals surface area contributed by atoms with Crippen molar-refractivity contribution in [2.24, 2.45) is 4.99 Å². The molecule has 0 aliphatic rings. The number of carbonyl (C=O) groups excluding carboxylic acids is 1. The van der Waals surface area contributed by atoms with E-state index >= 15 is 0 Å². The molecule has 4 nitrogen and oxygen atoms in total. The van der Waals surface area contributed by atoms with Gasteiger partial charge in [-0.05, 0) is 44.5 Å². The topological polar surface area (TPSA) is 50.7 Å². The van der Waals surface area contributed by atoms with Gasteiger partial charge in [-0.25, -0.2) is 9.38 Å². The predicted molar refractivity (Wildman–Crippen MR) is 72.7 cm³/mol. The van der Waals surface area contributed by atoms with E-state index in [2.05, 4.69) is 10.3 Å². The number of benzene rings is 1. The molecule has 0 radical (unpaired) electrons. The number of halogens is 1. The summed E-state index contributed by atoms with van der Waals surface area (Å²) in [6.07, 6.45) is 0.779. The molecule has 5 heteroatoms. The molecule has 0 saturated heterocycles. The lowest BCUT2D eigenvalue weighted by molar-refractivity contribution is 0.0959. The molecule has 0 saturated carbocycles. The highest BCUT2D eigenvalue weighted by Crippen LogP contribution is 2.03. The predicted octanol–water partition coefficient (Wildman–Crippen LogP) is 2.75. The second-order valence-electron chi connectivity index (χ2n) is 4.31. The van der Waals surface area contributed by atoms with Gasteiger partial charge in [0, 0.05) is 12.1 Å². The average molecular weight is 266 g/mol. The van der Waals surface area contributed by atoms with E-state index in [9.17, 15) is 9.18 Å². The lowest BCUT2D eigenvalue weighted by Gasteiger charge is -2.13. The molecule has 1 amide bonds. The molecule has 0 aliphatic carbocycles. The Morgan fingerprint density at radius 1 is 1.37 bits per heavy atom. The number of nitrogens with one attached hydrogen (secondary N) is 1. The molecule has 1 aromatic rings. The van der Waals surface area contributed by atoms with Crippen molar-refractivity contribution in [2.75, 3.05) is 6.54 Å². The monoisotopic (exact) mass is 266 g/mol. The Morgan fingerprint density at radius 2 is 2.00 bits per heavy atom. The Morgan fingerprint density at radius 3 is 2.53 bits per heavy atom. The largest absolute Gasteiger partial charge is 0.462 e. The molecule has 0 aromatic heterocycles. The van der Waals surface area contributed by atoms with Crippen molar-refractivity contribution in [3.05, 3.63) is 35.6 Å². The van der Waals surface area contributed by atoms with Gasteiger partial charge in [-0.15, -0.1) is 0 Å². The van der Waals surface area contributed by atoms with Crippen molar-refractivity contribution in [1.29, 1.82) is 0 Å². The Bertz CT molecular complexity index is 441. The summed E-state index contributed by atoms with van der Waals surface area (Å²) in [5, 5.41) is 2.59. The molecule has 0 unspecified atom stereocenters. The highest BCUT2D eigenvalue weighted by molar-refractivity contribution is 6.04.